The summed E-state index contributed by atoms with van der Waals surface area (Å²) in [6.07, 6.45) is 3.37. The summed E-state index contributed by atoms with van der Waals surface area (Å²) in [5, 5.41) is 3.26. The molecule has 1 unspecified atom stereocenters. The molecule has 0 spiro atoms. The fourth-order valence-corrected chi connectivity index (χ4v) is 2.26. The molecule has 5 heteroatoms. The highest BCUT2D eigenvalue weighted by molar-refractivity contribution is 9.09. The molecule has 0 aromatic heterocycles. The van der Waals surface area contributed by atoms with Crippen LogP contribution in [0.25, 0.3) is 0 Å². The van der Waals surface area contributed by atoms with Crippen molar-refractivity contribution >= 4 is 31.5 Å². The molecule has 0 fully saturated rings. The van der Waals surface area contributed by atoms with Gasteiger partial charge in [0.2, 0.25) is 0 Å². The Hall–Kier alpha value is -0.550. The third-order valence-corrected chi connectivity index (χ3v) is 4.75. The molecule has 1 rings (SSSR count). The molecule has 0 aliphatic rings. The van der Waals surface area contributed by atoms with E-state index in [1.807, 2.05) is 0 Å². The maximum atomic E-state index is 11.3. The molecule has 1 aromatic rings. The van der Waals surface area contributed by atoms with Crippen molar-refractivity contribution in [1.29, 1.82) is 0 Å². The monoisotopic (exact) mass is 319 g/mol. The molecule has 1 atom stereocenters. The predicted molar refractivity (Wildman–Crippen MR) is 75.7 cm³/mol. The van der Waals surface area contributed by atoms with E-state index >= 15 is 0 Å². The second-order valence-corrected chi connectivity index (χ2v) is 7.33. The standard InChI is InChI=1S/C12H18BrNO2S/c1-3-10(13)8-9-14-11-4-6-12(7-5-11)17(2,15)16/h4-7,10,14H,3,8-9H2,1-2H3. The van der Waals surface area contributed by atoms with Gasteiger partial charge in [0.15, 0.2) is 9.84 Å². The average molecular weight is 320 g/mol. The van der Waals surface area contributed by atoms with E-state index in [2.05, 4.69) is 28.2 Å². The van der Waals surface area contributed by atoms with Crippen LogP contribution in [0.5, 0.6) is 0 Å². The molecule has 0 saturated heterocycles. The van der Waals surface area contributed by atoms with Gasteiger partial charge in [0.05, 0.1) is 4.90 Å². The number of sulfone groups is 1. The molecule has 0 aliphatic heterocycles. The van der Waals surface area contributed by atoms with Gasteiger partial charge in [0.25, 0.3) is 0 Å². The Morgan fingerprint density at radius 3 is 2.35 bits per heavy atom. The molecule has 0 radical (unpaired) electrons. The van der Waals surface area contributed by atoms with Crippen LogP contribution in [0.4, 0.5) is 5.69 Å². The molecule has 0 saturated carbocycles. The number of anilines is 1. The van der Waals surface area contributed by atoms with Gasteiger partial charge in [-0.2, -0.15) is 0 Å². The Morgan fingerprint density at radius 1 is 1.29 bits per heavy atom. The first-order valence-corrected chi connectivity index (χ1v) is 8.42. The molecule has 1 N–H and O–H groups in total. The Kier molecular flexibility index (Phi) is 5.46. The van der Waals surface area contributed by atoms with Gasteiger partial charge in [-0.05, 0) is 37.1 Å². The first kappa shape index (κ1) is 14.5. The topological polar surface area (TPSA) is 46.2 Å². The average Bonchev–Trinajstić information content (AvgIpc) is 2.28. The zero-order valence-electron chi connectivity index (χ0n) is 10.1. The van der Waals surface area contributed by atoms with Crippen molar-refractivity contribution in [2.24, 2.45) is 0 Å². The largest absolute Gasteiger partial charge is 0.385 e. The van der Waals surface area contributed by atoms with E-state index in [4.69, 9.17) is 0 Å². The number of hydrogen-bond donors (Lipinski definition) is 1. The van der Waals surface area contributed by atoms with Crippen molar-refractivity contribution in [2.45, 2.75) is 29.5 Å². The van der Waals surface area contributed by atoms with E-state index in [1.54, 1.807) is 24.3 Å². The van der Waals surface area contributed by atoms with Crippen molar-refractivity contribution in [3.63, 3.8) is 0 Å². The summed E-state index contributed by atoms with van der Waals surface area (Å²) in [5.74, 6) is 0. The molecule has 0 aliphatic carbocycles. The van der Waals surface area contributed by atoms with Crippen molar-refractivity contribution in [3.8, 4) is 0 Å². The lowest BCUT2D eigenvalue weighted by atomic mass is 10.2. The van der Waals surface area contributed by atoms with E-state index in [0.29, 0.717) is 9.72 Å². The number of benzene rings is 1. The fourth-order valence-electron chi connectivity index (χ4n) is 1.40. The van der Waals surface area contributed by atoms with Crippen LogP contribution in [0.2, 0.25) is 0 Å². The summed E-state index contributed by atoms with van der Waals surface area (Å²) in [4.78, 5) is 0.889. The molecular weight excluding hydrogens is 302 g/mol. The number of halogens is 1. The minimum absolute atomic E-state index is 0.356. The predicted octanol–water partition coefficient (Wildman–Crippen LogP) is 3.07. The molecule has 0 amide bonds. The third-order valence-electron chi connectivity index (χ3n) is 2.51. The second-order valence-electron chi connectivity index (χ2n) is 4.02. The highest BCUT2D eigenvalue weighted by Crippen LogP contribution is 2.15. The van der Waals surface area contributed by atoms with E-state index in [1.165, 1.54) is 6.26 Å². The molecule has 17 heavy (non-hydrogen) atoms. The van der Waals surface area contributed by atoms with Crippen molar-refractivity contribution in [3.05, 3.63) is 24.3 Å². The SMILES string of the molecule is CCC(Br)CCNc1ccc(S(C)(=O)=O)cc1. The van der Waals surface area contributed by atoms with Crippen molar-refractivity contribution < 1.29 is 8.42 Å². The van der Waals surface area contributed by atoms with Gasteiger partial charge in [-0.1, -0.05) is 22.9 Å². The summed E-state index contributed by atoms with van der Waals surface area (Å²) in [6, 6.07) is 6.85. The zero-order chi connectivity index (χ0) is 12.9. The van der Waals surface area contributed by atoms with Crippen molar-refractivity contribution in [2.75, 3.05) is 18.1 Å². The van der Waals surface area contributed by atoms with Gasteiger partial charge in [-0.3, -0.25) is 0 Å². The quantitative estimate of drug-likeness (QED) is 0.820. The first-order chi connectivity index (χ1) is 7.93. The van der Waals surface area contributed by atoms with E-state index in [-0.39, 0.29) is 0 Å². The Labute approximate surface area is 112 Å². The lowest BCUT2D eigenvalue weighted by molar-refractivity contribution is 0.602. The molecule has 3 nitrogen and oxygen atoms in total. The summed E-state index contributed by atoms with van der Waals surface area (Å²) in [5.41, 5.74) is 0.952. The minimum Gasteiger partial charge on any atom is -0.385 e. The molecule has 96 valence electrons. The first-order valence-electron chi connectivity index (χ1n) is 5.61. The normalized spacial score (nSPS) is 13.4. The maximum absolute atomic E-state index is 11.3. The molecular formula is C12H18BrNO2S. The van der Waals surface area contributed by atoms with Gasteiger partial charge >= 0.3 is 0 Å². The molecule has 1 aromatic carbocycles. The Balaban J connectivity index is 2.52. The fraction of sp³-hybridized carbons (Fsp3) is 0.500. The van der Waals surface area contributed by atoms with Crippen LogP contribution < -0.4 is 5.32 Å². The van der Waals surface area contributed by atoms with Gasteiger partial charge < -0.3 is 5.32 Å². The summed E-state index contributed by atoms with van der Waals surface area (Å²) in [7, 11) is -3.09. The smallest absolute Gasteiger partial charge is 0.175 e. The lowest BCUT2D eigenvalue weighted by Gasteiger charge is -2.09. The Bertz CT molecular complexity index is 442. The Morgan fingerprint density at radius 2 is 1.88 bits per heavy atom. The highest BCUT2D eigenvalue weighted by Gasteiger charge is 2.06. The van der Waals surface area contributed by atoms with Crippen LogP contribution >= 0.6 is 15.9 Å². The molecule has 0 heterocycles. The highest BCUT2D eigenvalue weighted by atomic mass is 79.9. The van der Waals surface area contributed by atoms with E-state index in [0.717, 1.165) is 25.1 Å². The van der Waals surface area contributed by atoms with Crippen LogP contribution in [0, 0.1) is 0 Å². The summed E-state index contributed by atoms with van der Waals surface area (Å²) < 4.78 is 22.5. The summed E-state index contributed by atoms with van der Waals surface area (Å²) >= 11 is 3.57. The van der Waals surface area contributed by atoms with Gasteiger partial charge in [-0.25, -0.2) is 8.42 Å². The van der Waals surface area contributed by atoms with Gasteiger partial charge in [0, 0.05) is 23.3 Å². The van der Waals surface area contributed by atoms with Crippen LogP contribution in [0.3, 0.4) is 0 Å². The number of nitrogens with one attached hydrogen (secondary N) is 1. The zero-order valence-corrected chi connectivity index (χ0v) is 12.5. The second kappa shape index (κ2) is 6.40. The third kappa shape index (κ3) is 5.08. The van der Waals surface area contributed by atoms with Gasteiger partial charge in [0.1, 0.15) is 0 Å². The number of rotatable bonds is 6. The number of alkyl halides is 1. The number of hydrogen-bond acceptors (Lipinski definition) is 3. The molecule has 0 bridgehead atoms. The van der Waals surface area contributed by atoms with Crippen LogP contribution in [0.15, 0.2) is 29.2 Å². The summed E-state index contributed by atoms with van der Waals surface area (Å²) in [6.45, 7) is 3.02. The maximum Gasteiger partial charge on any atom is 0.175 e. The van der Waals surface area contributed by atoms with E-state index in [9.17, 15) is 8.42 Å². The minimum atomic E-state index is -3.09. The van der Waals surface area contributed by atoms with Crippen LogP contribution in [0.1, 0.15) is 19.8 Å². The van der Waals surface area contributed by atoms with Crippen LogP contribution in [-0.4, -0.2) is 26.0 Å². The van der Waals surface area contributed by atoms with Crippen LogP contribution in [-0.2, 0) is 9.84 Å². The van der Waals surface area contributed by atoms with Crippen molar-refractivity contribution in [1.82, 2.24) is 0 Å². The lowest BCUT2D eigenvalue weighted by Crippen LogP contribution is -2.07. The van der Waals surface area contributed by atoms with E-state index < -0.39 is 9.84 Å². The van der Waals surface area contributed by atoms with Gasteiger partial charge in [-0.15, -0.1) is 0 Å².